The zero-order valence-electron chi connectivity index (χ0n) is 16.1. The predicted molar refractivity (Wildman–Crippen MR) is 108 cm³/mol. The monoisotopic (exact) mass is 365 g/mol. The van der Waals surface area contributed by atoms with Crippen LogP contribution in [-0.4, -0.2) is 61.9 Å². The van der Waals surface area contributed by atoms with Gasteiger partial charge in [-0.15, -0.1) is 0 Å². The maximum absolute atomic E-state index is 12.9. The minimum atomic E-state index is 0.0380. The molecular weight excluding hydrogens is 338 g/mol. The molecule has 0 saturated carbocycles. The molecule has 27 heavy (non-hydrogen) atoms. The molecular formula is C22H27N3O2. The summed E-state index contributed by atoms with van der Waals surface area (Å²) in [6.45, 7) is 2.55. The van der Waals surface area contributed by atoms with Crippen molar-refractivity contribution in [2.45, 2.75) is 12.8 Å². The Morgan fingerprint density at radius 3 is 2.33 bits per heavy atom. The van der Waals surface area contributed by atoms with E-state index in [1.165, 1.54) is 0 Å². The molecule has 0 bridgehead atoms. The van der Waals surface area contributed by atoms with Crippen molar-refractivity contribution < 1.29 is 9.59 Å². The molecule has 0 N–H and O–H groups in total. The lowest BCUT2D eigenvalue weighted by molar-refractivity contribution is -0.130. The van der Waals surface area contributed by atoms with E-state index in [0.717, 1.165) is 17.7 Å². The Hall–Kier alpha value is -2.82. The smallest absolute Gasteiger partial charge is 0.253 e. The van der Waals surface area contributed by atoms with Gasteiger partial charge in [0.05, 0.1) is 6.42 Å². The van der Waals surface area contributed by atoms with Crippen LogP contribution in [0.3, 0.4) is 0 Å². The van der Waals surface area contributed by atoms with Crippen LogP contribution in [0.25, 0.3) is 0 Å². The summed E-state index contributed by atoms with van der Waals surface area (Å²) in [4.78, 5) is 31.2. The van der Waals surface area contributed by atoms with Gasteiger partial charge in [0.25, 0.3) is 5.91 Å². The summed E-state index contributed by atoms with van der Waals surface area (Å²) >= 11 is 0. The zero-order chi connectivity index (χ0) is 19.2. The van der Waals surface area contributed by atoms with Gasteiger partial charge in [0.1, 0.15) is 0 Å². The summed E-state index contributed by atoms with van der Waals surface area (Å²) in [5.74, 6) is 0.168. The van der Waals surface area contributed by atoms with Crippen LogP contribution in [-0.2, 0) is 11.2 Å². The van der Waals surface area contributed by atoms with Gasteiger partial charge in [-0.1, -0.05) is 36.4 Å². The van der Waals surface area contributed by atoms with Crippen molar-refractivity contribution in [3.05, 3.63) is 65.7 Å². The van der Waals surface area contributed by atoms with Gasteiger partial charge in [-0.3, -0.25) is 9.59 Å². The van der Waals surface area contributed by atoms with Crippen LogP contribution >= 0.6 is 0 Å². The van der Waals surface area contributed by atoms with E-state index in [0.29, 0.717) is 38.2 Å². The number of carbonyl (C=O) groups excluding carboxylic acids is 2. The number of hydrogen-bond acceptors (Lipinski definition) is 3. The molecule has 142 valence electrons. The van der Waals surface area contributed by atoms with Gasteiger partial charge >= 0.3 is 0 Å². The molecule has 2 aromatic carbocycles. The van der Waals surface area contributed by atoms with Gasteiger partial charge in [0, 0.05) is 51.5 Å². The van der Waals surface area contributed by atoms with E-state index >= 15 is 0 Å². The predicted octanol–water partition coefficient (Wildman–Crippen LogP) is 2.67. The molecule has 5 nitrogen and oxygen atoms in total. The van der Waals surface area contributed by atoms with Gasteiger partial charge in [-0.25, -0.2) is 0 Å². The van der Waals surface area contributed by atoms with Gasteiger partial charge in [0.2, 0.25) is 5.91 Å². The second-order valence-electron chi connectivity index (χ2n) is 7.13. The van der Waals surface area contributed by atoms with Crippen molar-refractivity contribution in [1.82, 2.24) is 9.80 Å². The average molecular weight is 365 g/mol. The number of benzene rings is 2. The minimum absolute atomic E-state index is 0.0380. The molecule has 1 saturated heterocycles. The normalized spacial score (nSPS) is 14.6. The summed E-state index contributed by atoms with van der Waals surface area (Å²) in [5.41, 5.74) is 2.74. The Bertz CT molecular complexity index is 789. The molecule has 5 heteroatoms. The Balaban J connectivity index is 1.61. The lowest BCUT2D eigenvalue weighted by Crippen LogP contribution is -2.38. The Morgan fingerprint density at radius 2 is 1.59 bits per heavy atom. The highest BCUT2D eigenvalue weighted by molar-refractivity contribution is 5.95. The fourth-order valence-corrected chi connectivity index (χ4v) is 3.35. The standard InChI is InChI=1S/C22H27N3O2/c1-23(2)20-11-6-10-19(17-20)22(27)25-13-7-12-24(14-15-25)21(26)16-18-8-4-3-5-9-18/h3-6,8-11,17H,7,12-16H2,1-2H3. The molecule has 0 atom stereocenters. The number of anilines is 1. The van der Waals surface area contributed by atoms with Crippen LogP contribution < -0.4 is 4.90 Å². The van der Waals surface area contributed by atoms with Crippen LogP contribution in [0.4, 0.5) is 5.69 Å². The SMILES string of the molecule is CN(C)c1cccc(C(=O)N2CCCN(C(=O)Cc3ccccc3)CC2)c1. The molecule has 0 spiro atoms. The van der Waals surface area contributed by atoms with E-state index in [9.17, 15) is 9.59 Å². The van der Waals surface area contributed by atoms with E-state index in [4.69, 9.17) is 0 Å². The van der Waals surface area contributed by atoms with E-state index < -0.39 is 0 Å². The van der Waals surface area contributed by atoms with Crippen molar-refractivity contribution in [3.63, 3.8) is 0 Å². The molecule has 1 fully saturated rings. The van der Waals surface area contributed by atoms with Gasteiger partial charge in [0.15, 0.2) is 0 Å². The van der Waals surface area contributed by atoms with Crippen molar-refractivity contribution in [2.75, 3.05) is 45.2 Å². The van der Waals surface area contributed by atoms with Crippen molar-refractivity contribution in [1.29, 1.82) is 0 Å². The topological polar surface area (TPSA) is 43.9 Å². The van der Waals surface area contributed by atoms with Crippen molar-refractivity contribution in [2.24, 2.45) is 0 Å². The average Bonchev–Trinajstić information content (AvgIpc) is 2.94. The second kappa shape index (κ2) is 8.71. The zero-order valence-corrected chi connectivity index (χ0v) is 16.1. The largest absolute Gasteiger partial charge is 0.378 e. The first kappa shape index (κ1) is 19.0. The van der Waals surface area contributed by atoms with Gasteiger partial charge in [-0.2, -0.15) is 0 Å². The second-order valence-corrected chi connectivity index (χ2v) is 7.13. The Labute approximate surface area is 161 Å². The molecule has 1 heterocycles. The summed E-state index contributed by atoms with van der Waals surface area (Å²) in [6, 6.07) is 17.5. The lowest BCUT2D eigenvalue weighted by atomic mass is 10.1. The fourth-order valence-electron chi connectivity index (χ4n) is 3.35. The molecule has 1 aliphatic rings. The molecule has 1 aliphatic heterocycles. The molecule has 2 amide bonds. The molecule has 3 rings (SSSR count). The van der Waals surface area contributed by atoms with Crippen molar-refractivity contribution in [3.8, 4) is 0 Å². The van der Waals surface area contributed by atoms with Crippen LogP contribution in [0.5, 0.6) is 0 Å². The fraction of sp³-hybridized carbons (Fsp3) is 0.364. The maximum atomic E-state index is 12.9. The van der Waals surface area contributed by atoms with Crippen LogP contribution in [0, 0.1) is 0 Å². The third-order valence-electron chi connectivity index (χ3n) is 4.94. The van der Waals surface area contributed by atoms with Crippen molar-refractivity contribution >= 4 is 17.5 Å². The highest BCUT2D eigenvalue weighted by Crippen LogP contribution is 2.16. The van der Waals surface area contributed by atoms with E-state index in [-0.39, 0.29) is 11.8 Å². The number of carbonyl (C=O) groups is 2. The number of hydrogen-bond donors (Lipinski definition) is 0. The highest BCUT2D eigenvalue weighted by Gasteiger charge is 2.23. The van der Waals surface area contributed by atoms with E-state index in [1.807, 2.05) is 83.4 Å². The van der Waals surface area contributed by atoms with Gasteiger partial charge in [-0.05, 0) is 30.2 Å². The first-order valence-electron chi connectivity index (χ1n) is 9.43. The molecule has 0 aliphatic carbocycles. The number of amides is 2. The Kier molecular flexibility index (Phi) is 6.12. The van der Waals surface area contributed by atoms with E-state index in [1.54, 1.807) is 0 Å². The summed E-state index contributed by atoms with van der Waals surface area (Å²) in [5, 5.41) is 0. The quantitative estimate of drug-likeness (QED) is 0.837. The molecule has 2 aromatic rings. The summed E-state index contributed by atoms with van der Waals surface area (Å²) in [6.07, 6.45) is 1.22. The van der Waals surface area contributed by atoms with E-state index in [2.05, 4.69) is 0 Å². The number of nitrogens with zero attached hydrogens (tertiary/aromatic N) is 3. The van der Waals surface area contributed by atoms with Gasteiger partial charge < -0.3 is 14.7 Å². The number of rotatable bonds is 4. The Morgan fingerprint density at radius 1 is 0.889 bits per heavy atom. The molecule has 0 radical (unpaired) electrons. The van der Waals surface area contributed by atoms with Crippen LogP contribution in [0.15, 0.2) is 54.6 Å². The molecule has 0 aromatic heterocycles. The molecule has 0 unspecified atom stereocenters. The first-order valence-corrected chi connectivity index (χ1v) is 9.43. The summed E-state index contributed by atoms with van der Waals surface area (Å²) in [7, 11) is 3.93. The first-order chi connectivity index (χ1) is 13.0. The maximum Gasteiger partial charge on any atom is 0.253 e. The van der Waals surface area contributed by atoms with Crippen LogP contribution in [0.2, 0.25) is 0 Å². The highest BCUT2D eigenvalue weighted by atomic mass is 16.2. The summed E-state index contributed by atoms with van der Waals surface area (Å²) < 4.78 is 0. The third-order valence-corrected chi connectivity index (χ3v) is 4.94. The minimum Gasteiger partial charge on any atom is -0.378 e. The lowest BCUT2D eigenvalue weighted by Gasteiger charge is -2.23. The van der Waals surface area contributed by atoms with Crippen LogP contribution in [0.1, 0.15) is 22.3 Å². The third kappa shape index (κ3) is 4.88.